The van der Waals surface area contributed by atoms with E-state index in [1.807, 2.05) is 0 Å². The van der Waals surface area contributed by atoms with Crippen LogP contribution in [0.4, 0.5) is 0 Å². The van der Waals surface area contributed by atoms with Gasteiger partial charge in [-0.3, -0.25) is 4.79 Å². The number of carbonyl (C=O) groups excluding carboxylic acids is 2. The van der Waals surface area contributed by atoms with Crippen molar-refractivity contribution >= 4 is 12.2 Å². The van der Waals surface area contributed by atoms with E-state index >= 15 is 0 Å². The molecule has 11 heavy (non-hydrogen) atoms. The van der Waals surface area contributed by atoms with E-state index in [9.17, 15) is 9.59 Å². The van der Waals surface area contributed by atoms with Crippen molar-refractivity contribution in [3.63, 3.8) is 0 Å². The van der Waals surface area contributed by atoms with Gasteiger partial charge < -0.3 is 14.8 Å². The molecule has 1 N–H and O–H groups in total. The minimum absolute atomic E-state index is 0.154. The van der Waals surface area contributed by atoms with E-state index < -0.39 is 12.1 Å². The number of aldehydes is 1. The fraction of sp³-hybridized carbons (Fsp3) is 0.714. The summed E-state index contributed by atoms with van der Waals surface area (Å²) in [5.74, 6) is -0.154. The number of rotatable bonds is 1. The van der Waals surface area contributed by atoms with Crippen LogP contribution >= 0.6 is 0 Å². The van der Waals surface area contributed by atoms with Crippen molar-refractivity contribution in [2.75, 3.05) is 6.54 Å². The zero-order chi connectivity index (χ0) is 8.43. The third kappa shape index (κ3) is 1.57. The van der Waals surface area contributed by atoms with Crippen LogP contribution in [0.15, 0.2) is 0 Å². The summed E-state index contributed by atoms with van der Waals surface area (Å²) in [6.45, 7) is 1.69. The molecule has 1 aliphatic heterocycles. The minimum Gasteiger partial charge on any atom is -0.391 e. The zero-order valence-corrected chi connectivity index (χ0v) is 6.36. The van der Waals surface area contributed by atoms with Gasteiger partial charge in [-0.1, -0.05) is 0 Å². The Hall–Kier alpha value is -0.900. The fourth-order valence-corrected chi connectivity index (χ4v) is 1.33. The molecule has 0 bridgehead atoms. The molecule has 0 spiro atoms. The lowest BCUT2D eigenvalue weighted by molar-refractivity contribution is -0.132. The molecule has 0 aromatic rings. The Morgan fingerprint density at radius 2 is 2.36 bits per heavy atom. The zero-order valence-electron chi connectivity index (χ0n) is 6.36. The Morgan fingerprint density at radius 3 is 2.73 bits per heavy atom. The van der Waals surface area contributed by atoms with Crippen LogP contribution in [0, 0.1) is 0 Å². The predicted molar refractivity (Wildman–Crippen MR) is 37.9 cm³/mol. The van der Waals surface area contributed by atoms with Crippen molar-refractivity contribution in [1.82, 2.24) is 4.90 Å². The van der Waals surface area contributed by atoms with Crippen molar-refractivity contribution in [1.29, 1.82) is 0 Å². The first-order chi connectivity index (χ1) is 5.15. The van der Waals surface area contributed by atoms with Gasteiger partial charge >= 0.3 is 0 Å². The minimum atomic E-state index is -0.533. The van der Waals surface area contributed by atoms with Gasteiger partial charge in [0, 0.05) is 19.9 Å². The summed E-state index contributed by atoms with van der Waals surface area (Å²) in [7, 11) is 0. The maximum atomic E-state index is 10.8. The molecule has 0 aromatic heterocycles. The maximum Gasteiger partial charge on any atom is 0.220 e. The molecule has 62 valence electrons. The Balaban J connectivity index is 2.64. The van der Waals surface area contributed by atoms with Crippen LogP contribution in [0.2, 0.25) is 0 Å². The first-order valence-corrected chi connectivity index (χ1v) is 3.55. The van der Waals surface area contributed by atoms with Crippen LogP contribution in [0.3, 0.4) is 0 Å². The normalized spacial score (nSPS) is 30.5. The Kier molecular flexibility index (Phi) is 2.24. The van der Waals surface area contributed by atoms with Gasteiger partial charge in [0.05, 0.1) is 12.1 Å². The Bertz CT molecular complexity index is 181. The Morgan fingerprint density at radius 1 is 1.73 bits per heavy atom. The second-order valence-electron chi connectivity index (χ2n) is 2.76. The average molecular weight is 157 g/mol. The molecule has 0 radical (unpaired) electrons. The number of aliphatic hydroxyl groups excluding tert-OH is 1. The molecule has 1 unspecified atom stereocenters. The molecule has 2 atom stereocenters. The molecule has 0 aromatic carbocycles. The van der Waals surface area contributed by atoms with Gasteiger partial charge in [-0.25, -0.2) is 0 Å². The van der Waals surface area contributed by atoms with E-state index in [2.05, 4.69) is 0 Å². The van der Waals surface area contributed by atoms with E-state index in [-0.39, 0.29) is 5.91 Å². The predicted octanol–water partition coefficient (Wildman–Crippen LogP) is -0.833. The van der Waals surface area contributed by atoms with Crippen LogP contribution in [-0.2, 0) is 9.59 Å². The van der Waals surface area contributed by atoms with Gasteiger partial charge in [0.2, 0.25) is 5.91 Å². The first kappa shape index (κ1) is 8.20. The van der Waals surface area contributed by atoms with Gasteiger partial charge in [0.25, 0.3) is 0 Å². The summed E-state index contributed by atoms with van der Waals surface area (Å²) in [6, 6.07) is -0.414. The lowest BCUT2D eigenvalue weighted by Crippen LogP contribution is -2.34. The van der Waals surface area contributed by atoms with E-state index in [4.69, 9.17) is 5.11 Å². The molecule has 1 amide bonds. The van der Waals surface area contributed by atoms with Gasteiger partial charge in [-0.15, -0.1) is 0 Å². The summed E-state index contributed by atoms with van der Waals surface area (Å²) in [5.41, 5.74) is 0. The van der Waals surface area contributed by atoms with E-state index in [0.717, 1.165) is 0 Å². The van der Waals surface area contributed by atoms with Crippen molar-refractivity contribution < 1.29 is 14.7 Å². The highest BCUT2D eigenvalue weighted by Gasteiger charge is 2.31. The molecule has 1 rings (SSSR count). The average Bonchev–Trinajstić information content (AvgIpc) is 2.30. The number of likely N-dealkylation sites (tertiary alicyclic amines) is 1. The van der Waals surface area contributed by atoms with Crippen molar-refractivity contribution in [2.45, 2.75) is 25.5 Å². The van der Waals surface area contributed by atoms with E-state index in [1.54, 1.807) is 0 Å². The van der Waals surface area contributed by atoms with Crippen molar-refractivity contribution in [3.8, 4) is 0 Å². The summed E-state index contributed by atoms with van der Waals surface area (Å²) in [5, 5.41) is 9.10. The van der Waals surface area contributed by atoms with Crippen LogP contribution in [0.5, 0.6) is 0 Å². The highest BCUT2D eigenvalue weighted by atomic mass is 16.3. The van der Waals surface area contributed by atoms with Crippen LogP contribution in [-0.4, -0.2) is 40.9 Å². The van der Waals surface area contributed by atoms with Gasteiger partial charge in [-0.05, 0) is 0 Å². The third-order valence-electron chi connectivity index (χ3n) is 1.88. The third-order valence-corrected chi connectivity index (χ3v) is 1.88. The van der Waals surface area contributed by atoms with Crippen LogP contribution < -0.4 is 0 Å². The molecule has 0 saturated carbocycles. The number of β-amino-alcohol motifs (C(OH)–C–C–N with tert-alkyl or cyclic N) is 1. The SMILES string of the molecule is CC(=O)N1CC(O)C[C@H]1C=O. The fourth-order valence-electron chi connectivity index (χ4n) is 1.33. The molecule has 1 fully saturated rings. The summed E-state index contributed by atoms with van der Waals surface area (Å²) < 4.78 is 0. The number of hydrogen-bond acceptors (Lipinski definition) is 3. The van der Waals surface area contributed by atoms with Crippen molar-refractivity contribution in [3.05, 3.63) is 0 Å². The maximum absolute atomic E-state index is 10.8. The summed E-state index contributed by atoms with van der Waals surface area (Å²) in [4.78, 5) is 22.6. The summed E-state index contributed by atoms with van der Waals surface area (Å²) in [6.07, 6.45) is 0.551. The lowest BCUT2D eigenvalue weighted by Gasteiger charge is -2.16. The molecular weight excluding hydrogens is 146 g/mol. The molecule has 1 aliphatic rings. The molecule has 1 heterocycles. The second kappa shape index (κ2) is 3.00. The van der Waals surface area contributed by atoms with E-state index in [1.165, 1.54) is 11.8 Å². The largest absolute Gasteiger partial charge is 0.391 e. The standard InChI is InChI=1S/C7H11NO3/c1-5(10)8-3-7(11)2-6(8)4-9/h4,6-7,11H,2-3H2,1H3/t6-,7?/m0/s1. The van der Waals surface area contributed by atoms with Gasteiger partial charge in [0.15, 0.2) is 0 Å². The number of carbonyl (C=O) groups is 2. The van der Waals surface area contributed by atoms with Gasteiger partial charge in [0.1, 0.15) is 6.29 Å². The first-order valence-electron chi connectivity index (χ1n) is 3.55. The molecule has 4 nitrogen and oxygen atoms in total. The highest BCUT2D eigenvalue weighted by molar-refractivity contribution is 5.78. The van der Waals surface area contributed by atoms with Crippen LogP contribution in [0.25, 0.3) is 0 Å². The van der Waals surface area contributed by atoms with Crippen LogP contribution in [0.1, 0.15) is 13.3 Å². The van der Waals surface area contributed by atoms with E-state index in [0.29, 0.717) is 19.3 Å². The second-order valence-corrected chi connectivity index (χ2v) is 2.76. The monoisotopic (exact) mass is 157 g/mol. The molecule has 1 saturated heterocycles. The highest BCUT2D eigenvalue weighted by Crippen LogP contribution is 2.15. The topological polar surface area (TPSA) is 57.6 Å². The lowest BCUT2D eigenvalue weighted by atomic mass is 10.2. The number of amides is 1. The number of nitrogens with zero attached hydrogens (tertiary/aromatic N) is 1. The van der Waals surface area contributed by atoms with Gasteiger partial charge in [-0.2, -0.15) is 0 Å². The number of aliphatic hydroxyl groups is 1. The van der Waals surface area contributed by atoms with Crippen molar-refractivity contribution in [2.24, 2.45) is 0 Å². The smallest absolute Gasteiger partial charge is 0.220 e. The molecule has 4 heteroatoms. The summed E-state index contributed by atoms with van der Waals surface area (Å²) >= 11 is 0. The molecular formula is C7H11NO3. The number of hydrogen-bond donors (Lipinski definition) is 1. The quantitative estimate of drug-likeness (QED) is 0.505. The molecule has 0 aliphatic carbocycles. The Labute approximate surface area is 64.8 Å².